The minimum absolute atomic E-state index is 0.173. The van der Waals surface area contributed by atoms with Crippen LogP contribution in [0.25, 0.3) is 0 Å². The van der Waals surface area contributed by atoms with Crippen LogP contribution in [0.15, 0.2) is 0 Å². The summed E-state index contributed by atoms with van der Waals surface area (Å²) < 4.78 is 19.8. The van der Waals surface area contributed by atoms with Gasteiger partial charge in [-0.2, -0.15) is 0 Å². The third kappa shape index (κ3) is 2.47. The molecule has 1 aliphatic heterocycles. The summed E-state index contributed by atoms with van der Waals surface area (Å²) in [7, 11) is -2.58. The molecule has 3 unspecified atom stereocenters. The van der Waals surface area contributed by atoms with Crippen LogP contribution in [0, 0.1) is 0 Å². The van der Waals surface area contributed by atoms with Gasteiger partial charge in [-0.3, -0.25) is 0 Å². The monoisotopic (exact) mass is 181 g/mol. The zero-order chi connectivity index (χ0) is 8.27. The lowest BCUT2D eigenvalue weighted by Crippen LogP contribution is -2.25. The topological polar surface area (TPSA) is 76.0 Å². The van der Waals surface area contributed by atoms with E-state index in [1.807, 2.05) is 0 Å². The molecule has 1 aliphatic rings. The van der Waals surface area contributed by atoms with Gasteiger partial charge in [0.25, 0.3) is 0 Å². The van der Waals surface area contributed by atoms with Crippen molar-refractivity contribution < 1.29 is 23.8 Å². The van der Waals surface area contributed by atoms with Gasteiger partial charge in [-0.1, -0.05) is 0 Å². The first-order valence-corrected chi connectivity index (χ1v) is 4.42. The van der Waals surface area contributed by atoms with Crippen molar-refractivity contribution in [3.63, 3.8) is 0 Å². The molecule has 11 heavy (non-hydrogen) atoms. The molecule has 0 amide bonds. The molecule has 1 rings (SSSR count). The zero-order valence-corrected chi connectivity index (χ0v) is 6.74. The molecular weight excluding hydrogens is 171 g/mol. The molecule has 3 atom stereocenters. The second kappa shape index (κ2) is 4.09. The Balaban J connectivity index is 2.37. The minimum atomic E-state index is -2.58. The quantitative estimate of drug-likeness (QED) is 0.590. The predicted octanol–water partition coefficient (Wildman–Crippen LogP) is -0.197. The number of rotatable bonds is 3. The fourth-order valence-electron chi connectivity index (χ4n) is 1.04. The largest absolute Gasteiger partial charge is 0.695 e. The van der Waals surface area contributed by atoms with E-state index < -0.39 is 20.5 Å². The summed E-state index contributed by atoms with van der Waals surface area (Å²) in [5.41, 5.74) is 0. The predicted molar refractivity (Wildman–Crippen MR) is 36.1 cm³/mol. The van der Waals surface area contributed by atoms with Gasteiger partial charge in [0.1, 0.15) is 12.2 Å². The first-order chi connectivity index (χ1) is 5.24. The van der Waals surface area contributed by atoms with Crippen molar-refractivity contribution in [1.29, 1.82) is 0 Å². The fourth-order valence-corrected chi connectivity index (χ4v) is 1.51. The van der Waals surface area contributed by atoms with E-state index in [9.17, 15) is 4.57 Å². The van der Waals surface area contributed by atoms with Crippen molar-refractivity contribution in [3.05, 3.63) is 0 Å². The minimum Gasteiger partial charge on any atom is -0.394 e. The van der Waals surface area contributed by atoms with Crippen molar-refractivity contribution in [3.8, 4) is 0 Å². The zero-order valence-electron chi connectivity index (χ0n) is 5.84. The van der Waals surface area contributed by atoms with Crippen LogP contribution in [0.4, 0.5) is 0 Å². The van der Waals surface area contributed by atoms with Gasteiger partial charge >= 0.3 is 8.25 Å². The summed E-state index contributed by atoms with van der Waals surface area (Å²) in [6.07, 6.45) is -0.318. The van der Waals surface area contributed by atoms with Gasteiger partial charge in [0.05, 0.1) is 6.61 Å². The van der Waals surface area contributed by atoms with E-state index >= 15 is 0 Å². The second-order valence-corrected chi connectivity index (χ2v) is 2.95. The van der Waals surface area contributed by atoms with Gasteiger partial charge in [-0.05, 0) is 0 Å². The molecule has 0 aliphatic carbocycles. The van der Waals surface area contributed by atoms with E-state index in [4.69, 9.17) is 14.7 Å². The van der Waals surface area contributed by atoms with Gasteiger partial charge in [0.2, 0.25) is 0 Å². The number of ether oxygens (including phenoxy) is 1. The Morgan fingerprint density at radius 3 is 3.00 bits per heavy atom. The molecule has 0 saturated carbocycles. The molecule has 0 aromatic rings. The Morgan fingerprint density at radius 2 is 2.45 bits per heavy atom. The van der Waals surface area contributed by atoms with Crippen LogP contribution in [-0.2, 0) is 13.8 Å². The van der Waals surface area contributed by atoms with E-state index in [2.05, 4.69) is 4.52 Å². The lowest BCUT2D eigenvalue weighted by atomic mass is 10.2. The van der Waals surface area contributed by atoms with Crippen LogP contribution < -0.4 is 0 Å². The number of hydrogen-bond donors (Lipinski definition) is 2. The van der Waals surface area contributed by atoms with Crippen molar-refractivity contribution >= 4 is 8.25 Å². The Morgan fingerprint density at radius 1 is 1.73 bits per heavy atom. The lowest BCUT2D eigenvalue weighted by Gasteiger charge is -2.08. The van der Waals surface area contributed by atoms with E-state index in [1.54, 1.807) is 0 Å². The van der Waals surface area contributed by atoms with Gasteiger partial charge in [-0.25, -0.2) is 0 Å². The first-order valence-electron chi connectivity index (χ1n) is 3.29. The van der Waals surface area contributed by atoms with Crippen LogP contribution in [0.2, 0.25) is 0 Å². The molecular formula is C5H10O5P+. The molecule has 5 nitrogen and oxygen atoms in total. The average molecular weight is 181 g/mol. The van der Waals surface area contributed by atoms with E-state index in [0.717, 1.165) is 0 Å². The van der Waals surface area contributed by atoms with E-state index in [0.29, 0.717) is 13.0 Å². The van der Waals surface area contributed by atoms with Crippen LogP contribution in [-0.4, -0.2) is 35.4 Å². The highest BCUT2D eigenvalue weighted by Crippen LogP contribution is 2.26. The van der Waals surface area contributed by atoms with Gasteiger partial charge < -0.3 is 9.84 Å². The smallest absolute Gasteiger partial charge is 0.394 e. The van der Waals surface area contributed by atoms with Crippen LogP contribution >= 0.6 is 8.25 Å². The summed E-state index contributed by atoms with van der Waals surface area (Å²) in [5, 5.41) is 8.67. The van der Waals surface area contributed by atoms with E-state index in [-0.39, 0.29) is 6.61 Å². The molecule has 2 N–H and O–H groups in total. The third-order valence-electron chi connectivity index (χ3n) is 1.55. The summed E-state index contributed by atoms with van der Waals surface area (Å²) in [6, 6.07) is 0. The maximum absolute atomic E-state index is 10.2. The molecule has 0 bridgehead atoms. The molecule has 1 saturated heterocycles. The summed E-state index contributed by atoms with van der Waals surface area (Å²) >= 11 is 0. The van der Waals surface area contributed by atoms with Crippen molar-refractivity contribution in [2.24, 2.45) is 0 Å². The van der Waals surface area contributed by atoms with Gasteiger partial charge in [-0.15, -0.1) is 9.42 Å². The Kier molecular flexibility index (Phi) is 3.36. The third-order valence-corrected chi connectivity index (χ3v) is 2.01. The molecule has 1 heterocycles. The SMILES string of the molecule is O=[P+](O)OC1CCOC1CO. The molecule has 0 aromatic heterocycles. The number of aliphatic hydroxyl groups is 1. The Bertz CT molecular complexity index is 150. The van der Waals surface area contributed by atoms with Crippen molar-refractivity contribution in [1.82, 2.24) is 0 Å². The average Bonchev–Trinajstić information content (AvgIpc) is 2.34. The molecule has 0 radical (unpaired) electrons. The number of aliphatic hydroxyl groups excluding tert-OH is 1. The van der Waals surface area contributed by atoms with Crippen LogP contribution in [0.1, 0.15) is 6.42 Å². The van der Waals surface area contributed by atoms with Crippen LogP contribution in [0.3, 0.4) is 0 Å². The van der Waals surface area contributed by atoms with Gasteiger partial charge in [0, 0.05) is 17.6 Å². The van der Waals surface area contributed by atoms with Crippen LogP contribution in [0.5, 0.6) is 0 Å². The molecule has 6 heteroatoms. The second-order valence-electron chi connectivity index (χ2n) is 2.26. The lowest BCUT2D eigenvalue weighted by molar-refractivity contribution is 0.0121. The fraction of sp³-hybridized carbons (Fsp3) is 1.00. The highest BCUT2D eigenvalue weighted by atomic mass is 31.1. The van der Waals surface area contributed by atoms with Crippen molar-refractivity contribution in [2.75, 3.05) is 13.2 Å². The molecule has 0 spiro atoms. The van der Waals surface area contributed by atoms with E-state index in [1.165, 1.54) is 0 Å². The highest BCUT2D eigenvalue weighted by Gasteiger charge is 2.35. The molecule has 1 fully saturated rings. The molecule has 0 aromatic carbocycles. The normalized spacial score (nSPS) is 32.4. The highest BCUT2D eigenvalue weighted by molar-refractivity contribution is 7.32. The summed E-state index contributed by atoms with van der Waals surface area (Å²) in [6.45, 7) is 0.299. The maximum atomic E-state index is 10.2. The standard InChI is InChI=1S/C5H9O5P/c6-3-5-4(1-2-9-5)10-11(7)8/h4-6H,1-3H2/p+1. The Hall–Kier alpha value is -0.0600. The van der Waals surface area contributed by atoms with Crippen molar-refractivity contribution in [2.45, 2.75) is 18.6 Å². The maximum Gasteiger partial charge on any atom is 0.695 e. The number of hydrogen-bond acceptors (Lipinski definition) is 4. The Labute approximate surface area is 64.9 Å². The summed E-state index contributed by atoms with van der Waals surface area (Å²) in [4.78, 5) is 8.38. The summed E-state index contributed by atoms with van der Waals surface area (Å²) in [5.74, 6) is 0. The first kappa shape index (κ1) is 9.03. The van der Waals surface area contributed by atoms with Gasteiger partial charge in [0.15, 0.2) is 0 Å². The molecule has 64 valence electrons.